The van der Waals surface area contributed by atoms with Crippen molar-refractivity contribution in [2.45, 2.75) is 26.3 Å². The number of hydrogen-bond acceptors (Lipinski definition) is 5. The van der Waals surface area contributed by atoms with Gasteiger partial charge in [0.05, 0.1) is 4.92 Å². The fraction of sp³-hybridized carbons (Fsp3) is 0.455. The van der Waals surface area contributed by atoms with Crippen LogP contribution in [0.3, 0.4) is 0 Å². The molecule has 0 radical (unpaired) electrons. The molecule has 0 saturated heterocycles. The van der Waals surface area contributed by atoms with Gasteiger partial charge in [-0.15, -0.1) is 0 Å². The summed E-state index contributed by atoms with van der Waals surface area (Å²) in [6.45, 7) is 4.66. The Bertz CT molecular complexity index is 499. The Morgan fingerprint density at radius 3 is 2.50 bits per heavy atom. The molecule has 0 aromatic carbocycles. The molecule has 1 heterocycles. The number of anilines is 1. The number of pyridine rings is 1. The van der Waals surface area contributed by atoms with Gasteiger partial charge in [0, 0.05) is 12.6 Å². The van der Waals surface area contributed by atoms with Gasteiger partial charge in [0.15, 0.2) is 0 Å². The monoisotopic (exact) mass is 253 g/mol. The number of nitro groups is 1. The van der Waals surface area contributed by atoms with Gasteiger partial charge in [-0.2, -0.15) is 0 Å². The minimum Gasteiger partial charge on any atom is -0.480 e. The number of carboxylic acids is 1. The molecule has 0 aliphatic carbocycles. The molecule has 0 amide bonds. The van der Waals surface area contributed by atoms with Crippen molar-refractivity contribution in [3.8, 4) is 0 Å². The van der Waals surface area contributed by atoms with E-state index in [2.05, 4.69) is 4.98 Å². The summed E-state index contributed by atoms with van der Waals surface area (Å²) in [5.41, 5.74) is -0.784. The topological polar surface area (TPSA) is 96.6 Å². The van der Waals surface area contributed by atoms with Gasteiger partial charge in [-0.25, -0.2) is 9.78 Å². The minimum atomic E-state index is -1.14. The predicted molar refractivity (Wildman–Crippen MR) is 65.7 cm³/mol. The van der Waals surface area contributed by atoms with E-state index in [0.717, 1.165) is 6.20 Å². The van der Waals surface area contributed by atoms with E-state index < -0.39 is 16.4 Å². The molecule has 0 aliphatic heterocycles. The van der Waals surface area contributed by atoms with Gasteiger partial charge in [0.2, 0.25) is 0 Å². The van der Waals surface area contributed by atoms with Gasteiger partial charge in [0.25, 0.3) is 5.69 Å². The highest BCUT2D eigenvalue weighted by Gasteiger charge is 2.33. The summed E-state index contributed by atoms with van der Waals surface area (Å²) in [7, 11) is 1.59. The zero-order valence-electron chi connectivity index (χ0n) is 10.7. The first-order valence-electron chi connectivity index (χ1n) is 5.26. The van der Waals surface area contributed by atoms with E-state index in [1.807, 2.05) is 0 Å². The minimum absolute atomic E-state index is 0.0831. The highest BCUT2D eigenvalue weighted by atomic mass is 16.6. The van der Waals surface area contributed by atoms with E-state index in [1.54, 1.807) is 14.0 Å². The Labute approximate surface area is 104 Å². The standard InChI is InChI=1S/C11H15N3O4/c1-7-5-9(12-6-8(7)14(17)18)13(4)11(2,3)10(15)16/h5-6H,1-4H3,(H,15,16). The first-order chi connectivity index (χ1) is 8.17. The lowest BCUT2D eigenvalue weighted by atomic mass is 10.0. The number of carboxylic acid groups (broad SMARTS) is 1. The maximum Gasteiger partial charge on any atom is 0.328 e. The summed E-state index contributed by atoms with van der Waals surface area (Å²) in [6, 6.07) is 1.50. The van der Waals surface area contributed by atoms with Crippen LogP contribution in [0.15, 0.2) is 12.3 Å². The van der Waals surface area contributed by atoms with Crippen LogP contribution >= 0.6 is 0 Å². The zero-order chi connectivity index (χ0) is 14.1. The first kappa shape index (κ1) is 13.9. The van der Waals surface area contributed by atoms with E-state index in [1.165, 1.54) is 24.8 Å². The Morgan fingerprint density at radius 2 is 2.11 bits per heavy atom. The molecule has 0 spiro atoms. The third-order valence-corrected chi connectivity index (χ3v) is 2.97. The lowest BCUT2D eigenvalue weighted by Gasteiger charge is -2.32. The highest BCUT2D eigenvalue weighted by molar-refractivity contribution is 5.82. The van der Waals surface area contributed by atoms with Gasteiger partial charge >= 0.3 is 5.97 Å². The second-order valence-electron chi connectivity index (χ2n) is 4.51. The molecular formula is C11H15N3O4. The lowest BCUT2D eigenvalue weighted by molar-refractivity contribution is -0.385. The molecule has 1 aromatic heterocycles. The summed E-state index contributed by atoms with van der Waals surface area (Å²) >= 11 is 0. The third kappa shape index (κ3) is 2.39. The predicted octanol–water partition coefficient (Wildman–Crippen LogP) is 1.60. The van der Waals surface area contributed by atoms with E-state index in [4.69, 9.17) is 5.11 Å². The molecule has 7 nitrogen and oxygen atoms in total. The van der Waals surface area contributed by atoms with Crippen LogP contribution < -0.4 is 4.90 Å². The summed E-state index contributed by atoms with van der Waals surface area (Å²) in [6.07, 6.45) is 1.14. The van der Waals surface area contributed by atoms with Gasteiger partial charge in [-0.3, -0.25) is 10.1 Å². The molecule has 1 rings (SSSR count). The van der Waals surface area contributed by atoms with Crippen LogP contribution in [-0.2, 0) is 4.79 Å². The smallest absolute Gasteiger partial charge is 0.328 e. The summed E-state index contributed by atoms with van der Waals surface area (Å²) in [5.74, 6) is -0.617. The summed E-state index contributed by atoms with van der Waals surface area (Å²) < 4.78 is 0. The fourth-order valence-corrected chi connectivity index (χ4v) is 1.34. The van der Waals surface area contributed by atoms with Crippen LogP contribution in [0, 0.1) is 17.0 Å². The van der Waals surface area contributed by atoms with Crippen molar-refractivity contribution < 1.29 is 14.8 Å². The van der Waals surface area contributed by atoms with E-state index in [-0.39, 0.29) is 5.69 Å². The SMILES string of the molecule is Cc1cc(N(C)C(C)(C)C(=O)O)ncc1[N+](=O)[O-]. The molecule has 1 N–H and O–H groups in total. The number of hydrogen-bond donors (Lipinski definition) is 1. The Kier molecular flexibility index (Phi) is 3.54. The zero-order valence-corrected chi connectivity index (χ0v) is 10.7. The summed E-state index contributed by atoms with van der Waals surface area (Å²) in [5, 5.41) is 19.8. The van der Waals surface area contributed by atoms with Crippen LogP contribution in [0.4, 0.5) is 11.5 Å². The van der Waals surface area contributed by atoms with Crippen molar-refractivity contribution in [3.63, 3.8) is 0 Å². The second-order valence-corrected chi connectivity index (χ2v) is 4.51. The second kappa shape index (κ2) is 4.59. The Morgan fingerprint density at radius 1 is 1.56 bits per heavy atom. The highest BCUT2D eigenvalue weighted by Crippen LogP contribution is 2.25. The average Bonchev–Trinajstić information content (AvgIpc) is 2.26. The number of rotatable bonds is 4. The molecule has 0 fully saturated rings. The molecule has 1 aromatic rings. The van der Waals surface area contributed by atoms with E-state index >= 15 is 0 Å². The van der Waals surface area contributed by atoms with Gasteiger partial charge in [0.1, 0.15) is 17.6 Å². The van der Waals surface area contributed by atoms with E-state index in [9.17, 15) is 14.9 Å². The summed E-state index contributed by atoms with van der Waals surface area (Å²) in [4.78, 5) is 26.7. The van der Waals surface area contributed by atoms with Crippen molar-refractivity contribution in [1.82, 2.24) is 4.98 Å². The number of aromatic nitrogens is 1. The number of aryl methyl sites for hydroxylation is 1. The van der Waals surface area contributed by atoms with Crippen molar-refractivity contribution in [2.75, 3.05) is 11.9 Å². The van der Waals surface area contributed by atoms with Crippen LogP contribution in [-0.4, -0.2) is 33.6 Å². The lowest BCUT2D eigenvalue weighted by Crippen LogP contribution is -2.48. The Hall–Kier alpha value is -2.18. The molecule has 0 saturated carbocycles. The number of likely N-dealkylation sites (N-methyl/N-ethyl adjacent to an activating group) is 1. The normalized spacial score (nSPS) is 11.1. The van der Waals surface area contributed by atoms with Crippen LogP contribution in [0.2, 0.25) is 0 Å². The van der Waals surface area contributed by atoms with Gasteiger partial charge in [-0.1, -0.05) is 0 Å². The molecule has 0 bridgehead atoms. The Balaban J connectivity index is 3.16. The molecule has 98 valence electrons. The van der Waals surface area contributed by atoms with E-state index in [0.29, 0.717) is 11.4 Å². The molecular weight excluding hydrogens is 238 g/mol. The number of nitrogens with zero attached hydrogens (tertiary/aromatic N) is 3. The van der Waals surface area contributed by atoms with Crippen molar-refractivity contribution in [1.29, 1.82) is 0 Å². The van der Waals surface area contributed by atoms with Crippen molar-refractivity contribution >= 4 is 17.5 Å². The third-order valence-electron chi connectivity index (χ3n) is 2.97. The van der Waals surface area contributed by atoms with Gasteiger partial charge < -0.3 is 10.0 Å². The largest absolute Gasteiger partial charge is 0.480 e. The van der Waals surface area contributed by atoms with Crippen molar-refractivity contribution in [3.05, 3.63) is 27.9 Å². The fourth-order valence-electron chi connectivity index (χ4n) is 1.34. The first-order valence-corrected chi connectivity index (χ1v) is 5.26. The van der Waals surface area contributed by atoms with Gasteiger partial charge in [-0.05, 0) is 26.8 Å². The molecule has 0 unspecified atom stereocenters. The van der Waals surface area contributed by atoms with Crippen molar-refractivity contribution in [2.24, 2.45) is 0 Å². The quantitative estimate of drug-likeness (QED) is 0.646. The molecule has 18 heavy (non-hydrogen) atoms. The molecule has 0 atom stereocenters. The molecule has 0 aliphatic rings. The maximum absolute atomic E-state index is 11.1. The van der Waals surface area contributed by atoms with Crippen LogP contribution in [0.5, 0.6) is 0 Å². The number of carbonyl (C=O) groups is 1. The maximum atomic E-state index is 11.1. The average molecular weight is 253 g/mol. The van der Waals surface area contributed by atoms with Crippen LogP contribution in [0.1, 0.15) is 19.4 Å². The molecule has 7 heteroatoms. The van der Waals surface area contributed by atoms with Crippen LogP contribution in [0.25, 0.3) is 0 Å². The number of aliphatic carboxylic acids is 1.